The summed E-state index contributed by atoms with van der Waals surface area (Å²) in [6, 6.07) is 14.1. The van der Waals surface area contributed by atoms with Gasteiger partial charge < -0.3 is 26.2 Å². The molecule has 160 valence electrons. The Morgan fingerprint density at radius 2 is 1.77 bits per heavy atom. The molecule has 0 fully saturated rings. The quantitative estimate of drug-likeness (QED) is 0.369. The van der Waals surface area contributed by atoms with E-state index >= 15 is 0 Å². The number of hydrogen-bond donors (Lipinski definition) is 4. The number of esters is 1. The zero-order chi connectivity index (χ0) is 22.1. The fraction of sp³-hybridized carbons (Fsp3) is 0.318. The summed E-state index contributed by atoms with van der Waals surface area (Å²) >= 11 is 0. The summed E-state index contributed by atoms with van der Waals surface area (Å²) in [6.07, 6.45) is 0.655. The number of carboxylic acids is 1. The third-order valence-corrected chi connectivity index (χ3v) is 4.45. The van der Waals surface area contributed by atoms with Crippen molar-refractivity contribution in [2.24, 2.45) is 5.73 Å². The zero-order valence-corrected chi connectivity index (χ0v) is 17.1. The lowest BCUT2D eigenvalue weighted by atomic mass is 9.91. The van der Waals surface area contributed by atoms with Gasteiger partial charge in [0.25, 0.3) is 0 Å². The van der Waals surface area contributed by atoms with Gasteiger partial charge in [0.1, 0.15) is 0 Å². The van der Waals surface area contributed by atoms with Crippen LogP contribution in [-0.2, 0) is 20.7 Å². The lowest BCUT2D eigenvalue weighted by Gasteiger charge is -2.22. The van der Waals surface area contributed by atoms with E-state index in [-0.39, 0.29) is 19.1 Å². The summed E-state index contributed by atoms with van der Waals surface area (Å²) < 4.78 is 4.82. The van der Waals surface area contributed by atoms with Gasteiger partial charge in [-0.25, -0.2) is 14.4 Å². The van der Waals surface area contributed by atoms with Crippen molar-refractivity contribution in [2.45, 2.75) is 32.2 Å². The number of carbonyl (C=O) groups is 3. The SMILES string of the molecule is CCCNC(=O)Nc1cccc(-c2ccc(C[C@](N)(C(=O)O)C(=O)OCC)cc2)c1. The van der Waals surface area contributed by atoms with E-state index in [9.17, 15) is 19.5 Å². The number of urea groups is 1. The van der Waals surface area contributed by atoms with E-state index in [1.807, 2.05) is 25.1 Å². The molecule has 8 heteroatoms. The van der Waals surface area contributed by atoms with Gasteiger partial charge in [-0.1, -0.05) is 43.3 Å². The molecule has 2 amide bonds. The van der Waals surface area contributed by atoms with Crippen LogP contribution in [0.2, 0.25) is 0 Å². The second-order valence-electron chi connectivity index (χ2n) is 6.83. The minimum Gasteiger partial charge on any atom is -0.479 e. The summed E-state index contributed by atoms with van der Waals surface area (Å²) in [7, 11) is 0. The first-order valence-electron chi connectivity index (χ1n) is 9.74. The fourth-order valence-corrected chi connectivity index (χ4v) is 2.82. The predicted octanol–water partition coefficient (Wildman–Crippen LogP) is 2.77. The highest BCUT2D eigenvalue weighted by Gasteiger charge is 2.44. The van der Waals surface area contributed by atoms with Crippen molar-refractivity contribution in [1.29, 1.82) is 0 Å². The molecule has 0 radical (unpaired) electrons. The van der Waals surface area contributed by atoms with Crippen molar-refractivity contribution in [3.63, 3.8) is 0 Å². The van der Waals surface area contributed by atoms with Gasteiger partial charge in [-0.15, -0.1) is 0 Å². The number of amides is 2. The molecule has 0 unspecified atom stereocenters. The number of aliphatic carboxylic acids is 1. The highest BCUT2D eigenvalue weighted by atomic mass is 16.5. The first-order chi connectivity index (χ1) is 14.3. The molecule has 2 rings (SSSR count). The van der Waals surface area contributed by atoms with Crippen molar-refractivity contribution < 1.29 is 24.2 Å². The molecule has 1 atom stereocenters. The van der Waals surface area contributed by atoms with Crippen molar-refractivity contribution >= 4 is 23.7 Å². The highest BCUT2D eigenvalue weighted by molar-refractivity contribution is 6.04. The molecule has 0 aliphatic rings. The van der Waals surface area contributed by atoms with E-state index in [4.69, 9.17) is 10.5 Å². The second-order valence-corrected chi connectivity index (χ2v) is 6.83. The molecule has 30 heavy (non-hydrogen) atoms. The van der Waals surface area contributed by atoms with Crippen LogP contribution in [0.4, 0.5) is 10.5 Å². The highest BCUT2D eigenvalue weighted by Crippen LogP contribution is 2.24. The van der Waals surface area contributed by atoms with Gasteiger partial charge in [0, 0.05) is 18.7 Å². The summed E-state index contributed by atoms with van der Waals surface area (Å²) in [5.74, 6) is -2.41. The largest absolute Gasteiger partial charge is 0.479 e. The normalized spacial score (nSPS) is 12.5. The number of rotatable bonds is 9. The summed E-state index contributed by atoms with van der Waals surface area (Å²) in [4.78, 5) is 35.4. The molecule has 2 aromatic rings. The minimum atomic E-state index is -2.15. The van der Waals surface area contributed by atoms with Crippen LogP contribution in [0.5, 0.6) is 0 Å². The van der Waals surface area contributed by atoms with E-state index in [2.05, 4.69) is 10.6 Å². The van der Waals surface area contributed by atoms with Crippen LogP contribution in [0, 0.1) is 0 Å². The third kappa shape index (κ3) is 5.81. The van der Waals surface area contributed by atoms with Crippen molar-refractivity contribution in [3.8, 4) is 11.1 Å². The Bertz CT molecular complexity index is 898. The van der Waals surface area contributed by atoms with Gasteiger partial charge >= 0.3 is 18.0 Å². The van der Waals surface area contributed by atoms with Gasteiger partial charge in [-0.05, 0) is 42.2 Å². The number of benzene rings is 2. The number of carboxylic acid groups (broad SMARTS) is 1. The minimum absolute atomic E-state index is 0.0465. The Kier molecular flexibility index (Phi) is 7.94. The molecular formula is C22H27N3O5. The van der Waals surface area contributed by atoms with E-state index in [0.29, 0.717) is 17.8 Å². The summed E-state index contributed by atoms with van der Waals surface area (Å²) in [5.41, 5.74) is 6.67. The maximum atomic E-state index is 12.0. The van der Waals surface area contributed by atoms with Crippen LogP contribution in [0.3, 0.4) is 0 Å². The number of anilines is 1. The number of hydrogen-bond acceptors (Lipinski definition) is 5. The molecule has 0 bridgehead atoms. The Labute approximate surface area is 175 Å². The molecule has 0 spiro atoms. The van der Waals surface area contributed by atoms with Crippen LogP contribution >= 0.6 is 0 Å². The molecule has 0 heterocycles. The Balaban J connectivity index is 2.15. The van der Waals surface area contributed by atoms with Gasteiger partial charge in [-0.3, -0.25) is 0 Å². The molecular weight excluding hydrogens is 386 g/mol. The molecule has 5 N–H and O–H groups in total. The maximum Gasteiger partial charge on any atom is 0.338 e. The average molecular weight is 413 g/mol. The monoisotopic (exact) mass is 413 g/mol. The smallest absolute Gasteiger partial charge is 0.338 e. The zero-order valence-electron chi connectivity index (χ0n) is 17.1. The van der Waals surface area contributed by atoms with Gasteiger partial charge in [0.2, 0.25) is 5.54 Å². The maximum absolute atomic E-state index is 12.0. The van der Waals surface area contributed by atoms with E-state index in [1.165, 1.54) is 0 Å². The lowest BCUT2D eigenvalue weighted by Crippen LogP contribution is -2.57. The van der Waals surface area contributed by atoms with Crippen LogP contribution in [0.15, 0.2) is 48.5 Å². The van der Waals surface area contributed by atoms with Crippen molar-refractivity contribution in [3.05, 3.63) is 54.1 Å². The first-order valence-corrected chi connectivity index (χ1v) is 9.74. The van der Waals surface area contributed by atoms with E-state index < -0.39 is 17.5 Å². The number of nitrogens with one attached hydrogen (secondary N) is 2. The van der Waals surface area contributed by atoms with Crippen LogP contribution < -0.4 is 16.4 Å². The van der Waals surface area contributed by atoms with E-state index in [0.717, 1.165) is 17.5 Å². The third-order valence-electron chi connectivity index (χ3n) is 4.45. The first kappa shape index (κ1) is 22.9. The predicted molar refractivity (Wildman–Crippen MR) is 114 cm³/mol. The Morgan fingerprint density at radius 3 is 2.37 bits per heavy atom. The molecule has 0 aromatic heterocycles. The molecule has 0 aliphatic heterocycles. The van der Waals surface area contributed by atoms with Gasteiger partial charge in [0.05, 0.1) is 6.61 Å². The number of ether oxygens (including phenoxy) is 1. The molecule has 0 aliphatic carbocycles. The molecule has 2 aromatic carbocycles. The van der Waals surface area contributed by atoms with Gasteiger partial charge in [0.15, 0.2) is 0 Å². The lowest BCUT2D eigenvalue weighted by molar-refractivity contribution is -0.160. The van der Waals surface area contributed by atoms with Crippen LogP contribution in [0.25, 0.3) is 11.1 Å². The molecule has 8 nitrogen and oxygen atoms in total. The number of carbonyl (C=O) groups excluding carboxylic acids is 2. The molecule has 0 saturated carbocycles. The number of nitrogens with two attached hydrogens (primary N) is 1. The average Bonchev–Trinajstić information content (AvgIpc) is 2.73. The van der Waals surface area contributed by atoms with Crippen LogP contribution in [-0.4, -0.2) is 41.8 Å². The fourth-order valence-electron chi connectivity index (χ4n) is 2.82. The Morgan fingerprint density at radius 1 is 1.07 bits per heavy atom. The van der Waals surface area contributed by atoms with E-state index in [1.54, 1.807) is 37.3 Å². The summed E-state index contributed by atoms with van der Waals surface area (Å²) in [5, 5.41) is 14.9. The molecule has 0 saturated heterocycles. The van der Waals surface area contributed by atoms with Crippen LogP contribution in [0.1, 0.15) is 25.8 Å². The second kappa shape index (κ2) is 10.4. The summed E-state index contributed by atoms with van der Waals surface area (Å²) in [6.45, 7) is 4.20. The van der Waals surface area contributed by atoms with Crippen molar-refractivity contribution in [1.82, 2.24) is 5.32 Å². The Hall–Kier alpha value is -3.39. The van der Waals surface area contributed by atoms with Crippen molar-refractivity contribution in [2.75, 3.05) is 18.5 Å². The van der Waals surface area contributed by atoms with Gasteiger partial charge in [-0.2, -0.15) is 0 Å². The topological polar surface area (TPSA) is 131 Å². The standard InChI is InChI=1S/C22H27N3O5/c1-3-12-24-21(29)25-18-7-5-6-17(13-18)16-10-8-15(9-11-16)14-22(23,19(26)27)20(28)30-4-2/h5-11,13H,3-4,12,14,23H2,1-2H3,(H,26,27)(H2,24,25,29)/t22-/m0/s1.